The third kappa shape index (κ3) is 6.12. The Balaban J connectivity index is 2.42. The first-order chi connectivity index (χ1) is 8.40. The first kappa shape index (κ1) is 15.1. The molecule has 0 spiro atoms. The molecule has 0 heterocycles. The standard InChI is InChI=1S/C15H23FO2/c1-15(2,3)18-8-7-13(11-17)9-12-5-4-6-14(16)10-12/h4-6,10,13,17H,7-9,11H2,1-3H3. The average molecular weight is 254 g/mol. The van der Waals surface area contributed by atoms with Gasteiger partial charge in [0.1, 0.15) is 5.82 Å². The molecule has 1 aromatic rings. The Bertz CT molecular complexity index is 358. The third-order valence-electron chi connectivity index (χ3n) is 2.73. The van der Waals surface area contributed by atoms with Gasteiger partial charge in [-0.2, -0.15) is 0 Å². The van der Waals surface area contributed by atoms with Crippen LogP contribution in [0, 0.1) is 11.7 Å². The number of hydrogen-bond acceptors (Lipinski definition) is 2. The second-order valence-electron chi connectivity index (χ2n) is 5.63. The largest absolute Gasteiger partial charge is 0.396 e. The molecule has 1 N–H and O–H groups in total. The highest BCUT2D eigenvalue weighted by atomic mass is 19.1. The van der Waals surface area contributed by atoms with Crippen molar-refractivity contribution in [3.63, 3.8) is 0 Å². The lowest BCUT2D eigenvalue weighted by atomic mass is 9.97. The molecule has 0 aliphatic heterocycles. The Hall–Kier alpha value is -0.930. The molecule has 18 heavy (non-hydrogen) atoms. The molecule has 0 radical (unpaired) electrons. The van der Waals surface area contributed by atoms with Gasteiger partial charge in [0.15, 0.2) is 0 Å². The van der Waals surface area contributed by atoms with E-state index in [9.17, 15) is 9.50 Å². The second-order valence-corrected chi connectivity index (χ2v) is 5.63. The van der Waals surface area contributed by atoms with Crippen LogP contribution in [-0.4, -0.2) is 23.9 Å². The lowest BCUT2D eigenvalue weighted by Gasteiger charge is -2.21. The van der Waals surface area contributed by atoms with E-state index in [-0.39, 0.29) is 23.9 Å². The van der Waals surface area contributed by atoms with Gasteiger partial charge in [0, 0.05) is 13.2 Å². The lowest BCUT2D eigenvalue weighted by molar-refractivity contribution is -0.0121. The highest BCUT2D eigenvalue weighted by molar-refractivity contribution is 5.16. The van der Waals surface area contributed by atoms with Gasteiger partial charge < -0.3 is 9.84 Å². The summed E-state index contributed by atoms with van der Waals surface area (Å²) in [6, 6.07) is 6.54. The van der Waals surface area contributed by atoms with E-state index in [4.69, 9.17) is 4.74 Å². The molecule has 2 nitrogen and oxygen atoms in total. The molecule has 0 saturated carbocycles. The van der Waals surface area contributed by atoms with Crippen molar-refractivity contribution in [1.29, 1.82) is 0 Å². The van der Waals surface area contributed by atoms with E-state index >= 15 is 0 Å². The molecular formula is C15H23FO2. The minimum absolute atomic E-state index is 0.101. The van der Waals surface area contributed by atoms with Crippen molar-refractivity contribution in [2.75, 3.05) is 13.2 Å². The molecule has 0 saturated heterocycles. The van der Waals surface area contributed by atoms with Crippen LogP contribution >= 0.6 is 0 Å². The molecule has 0 aromatic heterocycles. The predicted octanol–water partition coefficient (Wildman–Crippen LogP) is 3.18. The molecule has 102 valence electrons. The number of aliphatic hydroxyl groups is 1. The Morgan fingerprint density at radius 2 is 2.06 bits per heavy atom. The first-order valence-corrected chi connectivity index (χ1v) is 6.40. The minimum atomic E-state index is -0.227. The molecule has 1 unspecified atom stereocenters. The fourth-order valence-electron chi connectivity index (χ4n) is 1.79. The summed E-state index contributed by atoms with van der Waals surface area (Å²) < 4.78 is 18.7. The second kappa shape index (κ2) is 6.86. The molecule has 0 amide bonds. The topological polar surface area (TPSA) is 29.5 Å². The van der Waals surface area contributed by atoms with E-state index in [0.717, 1.165) is 12.0 Å². The SMILES string of the molecule is CC(C)(C)OCCC(CO)Cc1cccc(F)c1. The van der Waals surface area contributed by atoms with Crippen molar-refractivity contribution in [2.45, 2.75) is 39.2 Å². The summed E-state index contributed by atoms with van der Waals surface area (Å²) in [7, 11) is 0. The van der Waals surface area contributed by atoms with Gasteiger partial charge in [0.25, 0.3) is 0 Å². The van der Waals surface area contributed by atoms with Crippen molar-refractivity contribution in [1.82, 2.24) is 0 Å². The van der Waals surface area contributed by atoms with Gasteiger partial charge >= 0.3 is 0 Å². The molecule has 1 atom stereocenters. The minimum Gasteiger partial charge on any atom is -0.396 e. The molecule has 1 aromatic carbocycles. The van der Waals surface area contributed by atoms with Gasteiger partial charge in [-0.3, -0.25) is 0 Å². The Kier molecular flexibility index (Phi) is 5.76. The zero-order chi connectivity index (χ0) is 13.6. The summed E-state index contributed by atoms with van der Waals surface area (Å²) >= 11 is 0. The molecular weight excluding hydrogens is 231 g/mol. The summed E-state index contributed by atoms with van der Waals surface area (Å²) in [5.74, 6) is -0.107. The van der Waals surface area contributed by atoms with Crippen LogP contribution in [0.5, 0.6) is 0 Å². The van der Waals surface area contributed by atoms with E-state index in [2.05, 4.69) is 0 Å². The molecule has 0 fully saturated rings. The van der Waals surface area contributed by atoms with Crippen LogP contribution in [0.1, 0.15) is 32.8 Å². The highest BCUT2D eigenvalue weighted by Crippen LogP contribution is 2.15. The van der Waals surface area contributed by atoms with Crippen molar-refractivity contribution < 1.29 is 14.2 Å². The van der Waals surface area contributed by atoms with E-state index in [1.807, 2.05) is 26.8 Å². The summed E-state index contributed by atoms with van der Waals surface area (Å²) in [5.41, 5.74) is 0.767. The van der Waals surface area contributed by atoms with Crippen molar-refractivity contribution >= 4 is 0 Å². The highest BCUT2D eigenvalue weighted by Gasteiger charge is 2.13. The van der Waals surface area contributed by atoms with Crippen molar-refractivity contribution in [3.05, 3.63) is 35.6 Å². The fourth-order valence-corrected chi connectivity index (χ4v) is 1.79. The fraction of sp³-hybridized carbons (Fsp3) is 0.600. The van der Waals surface area contributed by atoms with E-state index < -0.39 is 0 Å². The van der Waals surface area contributed by atoms with E-state index in [0.29, 0.717) is 13.0 Å². The maximum absolute atomic E-state index is 13.0. The molecule has 3 heteroatoms. The Morgan fingerprint density at radius 3 is 2.61 bits per heavy atom. The number of aliphatic hydroxyl groups excluding tert-OH is 1. The van der Waals surface area contributed by atoms with Gasteiger partial charge in [-0.25, -0.2) is 4.39 Å². The maximum Gasteiger partial charge on any atom is 0.123 e. The van der Waals surface area contributed by atoms with Crippen LogP contribution in [-0.2, 0) is 11.2 Å². The van der Waals surface area contributed by atoms with Crippen molar-refractivity contribution in [2.24, 2.45) is 5.92 Å². The summed E-state index contributed by atoms with van der Waals surface area (Å²) in [6.07, 6.45) is 1.46. The number of hydrogen-bond donors (Lipinski definition) is 1. The molecule has 0 bridgehead atoms. The van der Waals surface area contributed by atoms with Gasteiger partial charge in [0.05, 0.1) is 5.60 Å². The summed E-state index contributed by atoms with van der Waals surface area (Å²) in [5, 5.41) is 9.34. The zero-order valence-corrected chi connectivity index (χ0v) is 11.4. The smallest absolute Gasteiger partial charge is 0.123 e. The zero-order valence-electron chi connectivity index (χ0n) is 11.4. The molecule has 0 aliphatic carbocycles. The van der Waals surface area contributed by atoms with Gasteiger partial charge in [0.2, 0.25) is 0 Å². The van der Waals surface area contributed by atoms with Gasteiger partial charge in [-0.1, -0.05) is 12.1 Å². The first-order valence-electron chi connectivity index (χ1n) is 6.40. The van der Waals surface area contributed by atoms with E-state index in [1.165, 1.54) is 12.1 Å². The predicted molar refractivity (Wildman–Crippen MR) is 71.0 cm³/mol. The molecule has 0 aliphatic rings. The lowest BCUT2D eigenvalue weighted by Crippen LogP contribution is -2.22. The summed E-state index contributed by atoms with van der Waals surface area (Å²) in [4.78, 5) is 0. The maximum atomic E-state index is 13.0. The quantitative estimate of drug-likeness (QED) is 0.845. The Morgan fingerprint density at radius 1 is 1.33 bits per heavy atom. The Labute approximate surface area is 109 Å². The van der Waals surface area contributed by atoms with Crippen LogP contribution in [0.25, 0.3) is 0 Å². The van der Waals surface area contributed by atoms with Crippen LogP contribution in [0.2, 0.25) is 0 Å². The van der Waals surface area contributed by atoms with Crippen LogP contribution in [0.15, 0.2) is 24.3 Å². The monoisotopic (exact) mass is 254 g/mol. The number of ether oxygens (including phenoxy) is 1. The molecule has 1 rings (SSSR count). The van der Waals surface area contributed by atoms with Crippen LogP contribution < -0.4 is 0 Å². The number of benzene rings is 1. The number of halogens is 1. The average Bonchev–Trinajstić information content (AvgIpc) is 2.26. The van der Waals surface area contributed by atoms with Gasteiger partial charge in [-0.05, 0) is 57.2 Å². The number of rotatable bonds is 6. The van der Waals surface area contributed by atoms with Gasteiger partial charge in [-0.15, -0.1) is 0 Å². The van der Waals surface area contributed by atoms with Crippen molar-refractivity contribution in [3.8, 4) is 0 Å². The third-order valence-corrected chi connectivity index (χ3v) is 2.73. The van der Waals surface area contributed by atoms with E-state index in [1.54, 1.807) is 6.07 Å². The van der Waals surface area contributed by atoms with Crippen LogP contribution in [0.3, 0.4) is 0 Å². The normalized spacial score (nSPS) is 13.6. The van der Waals surface area contributed by atoms with Crippen LogP contribution in [0.4, 0.5) is 4.39 Å². The summed E-state index contributed by atoms with van der Waals surface area (Å²) in [6.45, 7) is 6.74.